The minimum absolute atomic E-state index is 0.0944. The third-order valence-electron chi connectivity index (χ3n) is 3.13. The van der Waals surface area contributed by atoms with Crippen molar-refractivity contribution in [3.8, 4) is 0 Å². The molecule has 3 amide bonds. The summed E-state index contributed by atoms with van der Waals surface area (Å²) in [5.41, 5.74) is 0.488. The molecule has 0 radical (unpaired) electrons. The van der Waals surface area contributed by atoms with Crippen LogP contribution in [-0.2, 0) is 11.3 Å². The van der Waals surface area contributed by atoms with Crippen molar-refractivity contribution < 1.29 is 14.0 Å². The molecule has 1 aliphatic rings. The predicted octanol–water partition coefficient (Wildman–Crippen LogP) is 3.74. The zero-order chi connectivity index (χ0) is 15.7. The Labute approximate surface area is 138 Å². The van der Waals surface area contributed by atoms with E-state index in [1.54, 1.807) is 24.3 Å². The van der Waals surface area contributed by atoms with Gasteiger partial charge in [0.05, 0.1) is 10.3 Å². The molecule has 0 spiro atoms. The van der Waals surface area contributed by atoms with Gasteiger partial charge in [-0.3, -0.25) is 9.69 Å². The summed E-state index contributed by atoms with van der Waals surface area (Å²) in [6.07, 6.45) is 1.61. The Hall–Kier alpha value is -1.99. The van der Waals surface area contributed by atoms with Gasteiger partial charge in [-0.2, -0.15) is 0 Å². The van der Waals surface area contributed by atoms with E-state index >= 15 is 0 Å². The number of nitrogens with zero attached hydrogens (tertiary/aromatic N) is 1. The van der Waals surface area contributed by atoms with Gasteiger partial charge in [-0.25, -0.2) is 9.18 Å². The van der Waals surface area contributed by atoms with Crippen LogP contribution in [0.1, 0.15) is 10.4 Å². The van der Waals surface area contributed by atoms with Gasteiger partial charge in [0.1, 0.15) is 11.5 Å². The number of carbonyl (C=O) groups excluding carboxylic acids is 2. The molecule has 1 aromatic carbocycles. The molecule has 0 saturated carbocycles. The Morgan fingerprint density at radius 1 is 1.23 bits per heavy atom. The van der Waals surface area contributed by atoms with E-state index in [0.29, 0.717) is 5.56 Å². The lowest BCUT2D eigenvalue weighted by atomic mass is 10.2. The number of hydrogen-bond donors (Lipinski definition) is 1. The van der Waals surface area contributed by atoms with Crippen molar-refractivity contribution in [2.75, 3.05) is 0 Å². The zero-order valence-electron chi connectivity index (χ0n) is 11.2. The average Bonchev–Trinajstić information content (AvgIpc) is 3.00. The molecule has 2 aromatic rings. The molecule has 1 N–H and O–H groups in total. The molecule has 7 heteroatoms. The fourth-order valence-electron chi connectivity index (χ4n) is 2.06. The smallest absolute Gasteiger partial charge is 0.303 e. The lowest BCUT2D eigenvalue weighted by Crippen LogP contribution is -2.30. The Morgan fingerprint density at radius 3 is 2.68 bits per heavy atom. The number of rotatable bonds is 3. The summed E-state index contributed by atoms with van der Waals surface area (Å²) < 4.78 is 14.6. The number of hydrogen-bond acceptors (Lipinski definition) is 3. The average molecular weight is 381 g/mol. The number of imide groups is 1. The molecule has 1 aliphatic heterocycles. The number of nitrogens with one attached hydrogen (secondary N) is 1. The lowest BCUT2D eigenvalue weighted by molar-refractivity contribution is -0.123. The highest BCUT2D eigenvalue weighted by atomic mass is 79.9. The van der Waals surface area contributed by atoms with Gasteiger partial charge in [0.2, 0.25) is 0 Å². The summed E-state index contributed by atoms with van der Waals surface area (Å²) in [5.74, 6) is -0.902. The second-order valence-electron chi connectivity index (χ2n) is 4.61. The lowest BCUT2D eigenvalue weighted by Gasteiger charge is -2.12. The number of carbonyl (C=O) groups is 2. The van der Waals surface area contributed by atoms with Crippen LogP contribution in [0.3, 0.4) is 0 Å². The Balaban J connectivity index is 1.83. The van der Waals surface area contributed by atoms with Crippen LogP contribution in [0, 0.1) is 5.82 Å². The molecule has 112 valence electrons. The Bertz CT molecular complexity index is 787. The van der Waals surface area contributed by atoms with Crippen molar-refractivity contribution in [3.63, 3.8) is 0 Å². The SMILES string of the molecule is O=C1NC(=Cc2ccc(Br)s2)C(=O)N1Cc1ccccc1F. The monoisotopic (exact) mass is 380 g/mol. The first-order chi connectivity index (χ1) is 10.5. The maximum atomic E-state index is 13.7. The van der Waals surface area contributed by atoms with Crippen LogP contribution in [0.15, 0.2) is 45.9 Å². The molecule has 0 aliphatic carbocycles. The fourth-order valence-corrected chi connectivity index (χ4v) is 3.43. The summed E-state index contributed by atoms with van der Waals surface area (Å²) in [6.45, 7) is -0.0944. The van der Waals surface area contributed by atoms with E-state index < -0.39 is 17.8 Å². The molecule has 3 rings (SSSR count). The first-order valence-electron chi connectivity index (χ1n) is 6.38. The van der Waals surface area contributed by atoms with Gasteiger partial charge in [-0.1, -0.05) is 18.2 Å². The van der Waals surface area contributed by atoms with Crippen molar-refractivity contribution >= 4 is 45.3 Å². The van der Waals surface area contributed by atoms with Crippen molar-refractivity contribution in [2.24, 2.45) is 0 Å². The number of benzene rings is 1. The van der Waals surface area contributed by atoms with Crippen LogP contribution < -0.4 is 5.32 Å². The number of urea groups is 1. The molecular formula is C15H10BrFN2O2S. The van der Waals surface area contributed by atoms with E-state index in [4.69, 9.17) is 0 Å². The highest BCUT2D eigenvalue weighted by molar-refractivity contribution is 9.11. The summed E-state index contributed by atoms with van der Waals surface area (Å²) in [5, 5.41) is 2.52. The van der Waals surface area contributed by atoms with Gasteiger partial charge < -0.3 is 5.32 Å². The number of amides is 3. The van der Waals surface area contributed by atoms with Gasteiger partial charge in [-0.15, -0.1) is 11.3 Å². The van der Waals surface area contributed by atoms with E-state index in [0.717, 1.165) is 13.6 Å². The maximum absolute atomic E-state index is 13.7. The molecule has 0 unspecified atom stereocenters. The molecule has 1 fully saturated rings. The summed E-state index contributed by atoms with van der Waals surface area (Å²) in [6, 6.07) is 9.22. The van der Waals surface area contributed by atoms with Crippen molar-refractivity contribution in [3.05, 3.63) is 62.1 Å². The van der Waals surface area contributed by atoms with E-state index in [-0.39, 0.29) is 12.2 Å². The van der Waals surface area contributed by atoms with Crippen LogP contribution in [-0.4, -0.2) is 16.8 Å². The second-order valence-corrected chi connectivity index (χ2v) is 7.11. The molecule has 22 heavy (non-hydrogen) atoms. The second kappa shape index (κ2) is 6.02. The van der Waals surface area contributed by atoms with Crippen LogP contribution in [0.25, 0.3) is 6.08 Å². The van der Waals surface area contributed by atoms with Gasteiger partial charge in [-0.05, 0) is 40.2 Å². The van der Waals surface area contributed by atoms with E-state index in [2.05, 4.69) is 21.2 Å². The van der Waals surface area contributed by atoms with Gasteiger partial charge >= 0.3 is 6.03 Å². The van der Waals surface area contributed by atoms with E-state index in [1.165, 1.54) is 17.4 Å². The van der Waals surface area contributed by atoms with E-state index in [1.807, 2.05) is 12.1 Å². The van der Waals surface area contributed by atoms with Crippen LogP contribution in [0.2, 0.25) is 0 Å². The molecule has 1 saturated heterocycles. The molecule has 4 nitrogen and oxygen atoms in total. The first-order valence-corrected chi connectivity index (χ1v) is 7.99. The third-order valence-corrected chi connectivity index (χ3v) is 4.70. The minimum Gasteiger partial charge on any atom is -0.303 e. The number of thiophene rings is 1. The maximum Gasteiger partial charge on any atom is 0.329 e. The summed E-state index contributed by atoms with van der Waals surface area (Å²) in [7, 11) is 0. The standard InChI is InChI=1S/C15H10BrFN2O2S/c16-13-6-5-10(22-13)7-12-14(20)19(15(21)18-12)8-9-3-1-2-4-11(9)17/h1-7H,8H2,(H,18,21). The van der Waals surface area contributed by atoms with Gasteiger partial charge in [0, 0.05) is 10.4 Å². The summed E-state index contributed by atoms with van der Waals surface area (Å²) in [4.78, 5) is 26.0. The van der Waals surface area contributed by atoms with Crippen molar-refractivity contribution in [2.45, 2.75) is 6.54 Å². The Kier molecular flexibility index (Phi) is 4.08. The van der Waals surface area contributed by atoms with Gasteiger partial charge in [0.15, 0.2) is 0 Å². The van der Waals surface area contributed by atoms with Gasteiger partial charge in [0.25, 0.3) is 5.91 Å². The topological polar surface area (TPSA) is 49.4 Å². The third kappa shape index (κ3) is 2.95. The highest BCUT2D eigenvalue weighted by Gasteiger charge is 2.34. The highest BCUT2D eigenvalue weighted by Crippen LogP contribution is 2.25. The first kappa shape index (κ1) is 14.9. The molecule has 0 bridgehead atoms. The Morgan fingerprint density at radius 2 is 2.00 bits per heavy atom. The van der Waals surface area contributed by atoms with Crippen LogP contribution in [0.5, 0.6) is 0 Å². The normalized spacial score (nSPS) is 16.5. The minimum atomic E-state index is -0.546. The molecule has 2 heterocycles. The van der Waals surface area contributed by atoms with Crippen molar-refractivity contribution in [1.82, 2.24) is 10.2 Å². The largest absolute Gasteiger partial charge is 0.329 e. The zero-order valence-corrected chi connectivity index (χ0v) is 13.6. The van der Waals surface area contributed by atoms with Crippen LogP contribution >= 0.6 is 27.3 Å². The fraction of sp³-hybridized carbons (Fsp3) is 0.0667. The van der Waals surface area contributed by atoms with Crippen molar-refractivity contribution in [1.29, 1.82) is 0 Å². The van der Waals surface area contributed by atoms with E-state index in [9.17, 15) is 14.0 Å². The molecule has 1 aromatic heterocycles. The van der Waals surface area contributed by atoms with Crippen LogP contribution in [0.4, 0.5) is 9.18 Å². The molecular weight excluding hydrogens is 371 g/mol. The number of halogens is 2. The summed E-state index contributed by atoms with van der Waals surface area (Å²) >= 11 is 4.78. The molecule has 0 atom stereocenters. The quantitative estimate of drug-likeness (QED) is 0.651. The predicted molar refractivity (Wildman–Crippen MR) is 85.5 cm³/mol.